The van der Waals surface area contributed by atoms with E-state index in [0.29, 0.717) is 12.2 Å². The molecule has 0 aliphatic carbocycles. The number of hydrogen-bond acceptors (Lipinski definition) is 3. The summed E-state index contributed by atoms with van der Waals surface area (Å²) in [6, 6.07) is 16.3. The van der Waals surface area contributed by atoms with Gasteiger partial charge in [-0.3, -0.25) is 14.0 Å². The van der Waals surface area contributed by atoms with Gasteiger partial charge in [-0.25, -0.2) is 4.98 Å². The third kappa shape index (κ3) is 2.54. The molecule has 0 radical (unpaired) electrons. The van der Waals surface area contributed by atoms with Crippen molar-refractivity contribution in [1.82, 2.24) is 19.7 Å². The summed E-state index contributed by atoms with van der Waals surface area (Å²) in [6.07, 6.45) is 1.62. The second-order valence-electron chi connectivity index (χ2n) is 5.47. The van der Waals surface area contributed by atoms with E-state index in [2.05, 4.69) is 15.3 Å². The number of carbonyl (C=O) groups is 1. The van der Waals surface area contributed by atoms with Crippen molar-refractivity contribution < 1.29 is 4.79 Å². The first kappa shape index (κ1) is 14.2. The van der Waals surface area contributed by atoms with Crippen molar-refractivity contribution in [3.8, 4) is 0 Å². The predicted octanol–water partition coefficient (Wildman–Crippen LogP) is 2.11. The molecule has 0 fully saturated rings. The summed E-state index contributed by atoms with van der Waals surface area (Å²) in [5.41, 5.74) is 2.19. The van der Waals surface area contributed by atoms with Gasteiger partial charge in [0.2, 0.25) is 0 Å². The highest BCUT2D eigenvalue weighted by molar-refractivity contribution is 5.92. The first-order valence-electron chi connectivity index (χ1n) is 7.54. The van der Waals surface area contributed by atoms with E-state index < -0.39 is 0 Å². The second kappa shape index (κ2) is 5.66. The fourth-order valence-electron chi connectivity index (χ4n) is 2.66. The standard InChI is InChI=1S/C18H14N4O2/c23-17-10-15(21-16-7-3-4-8-22(16)17)18(24)19-11-13-9-12-5-1-2-6-14(12)20-13/h1-10,20H,11H2,(H,19,24). The fraction of sp³-hybridized carbons (Fsp3) is 0.0556. The van der Waals surface area contributed by atoms with Crippen LogP contribution in [0, 0.1) is 0 Å². The van der Waals surface area contributed by atoms with Crippen LogP contribution < -0.4 is 10.9 Å². The molecule has 6 heteroatoms. The summed E-state index contributed by atoms with van der Waals surface area (Å²) in [4.78, 5) is 31.8. The number of rotatable bonds is 3. The van der Waals surface area contributed by atoms with Crippen molar-refractivity contribution in [2.75, 3.05) is 0 Å². The average Bonchev–Trinajstić information content (AvgIpc) is 3.02. The Morgan fingerprint density at radius 2 is 1.96 bits per heavy atom. The SMILES string of the molecule is O=C(NCc1cc2ccccc2[nH]1)c1cc(=O)n2ccccc2n1. The van der Waals surface area contributed by atoms with Crippen molar-refractivity contribution in [3.63, 3.8) is 0 Å². The van der Waals surface area contributed by atoms with Crippen LogP contribution in [0.5, 0.6) is 0 Å². The lowest BCUT2D eigenvalue weighted by Crippen LogP contribution is -2.27. The van der Waals surface area contributed by atoms with Crippen LogP contribution in [0.3, 0.4) is 0 Å². The molecule has 118 valence electrons. The first-order valence-corrected chi connectivity index (χ1v) is 7.54. The molecular formula is C18H14N4O2. The minimum atomic E-state index is -0.378. The van der Waals surface area contributed by atoms with E-state index in [1.807, 2.05) is 30.3 Å². The minimum absolute atomic E-state index is 0.113. The lowest BCUT2D eigenvalue weighted by atomic mass is 10.2. The van der Waals surface area contributed by atoms with Gasteiger partial charge in [-0.1, -0.05) is 24.3 Å². The number of para-hydroxylation sites is 1. The number of amides is 1. The quantitative estimate of drug-likeness (QED) is 0.607. The Morgan fingerprint density at radius 3 is 2.83 bits per heavy atom. The van der Waals surface area contributed by atoms with E-state index in [-0.39, 0.29) is 17.2 Å². The van der Waals surface area contributed by atoms with Gasteiger partial charge in [-0.05, 0) is 29.7 Å². The second-order valence-corrected chi connectivity index (χ2v) is 5.47. The highest BCUT2D eigenvalue weighted by atomic mass is 16.2. The van der Waals surface area contributed by atoms with Crippen LogP contribution in [0.1, 0.15) is 16.2 Å². The van der Waals surface area contributed by atoms with Gasteiger partial charge in [0.25, 0.3) is 11.5 Å². The smallest absolute Gasteiger partial charge is 0.270 e. The average molecular weight is 318 g/mol. The monoisotopic (exact) mass is 318 g/mol. The molecule has 6 nitrogen and oxygen atoms in total. The number of fused-ring (bicyclic) bond motifs is 2. The molecule has 1 amide bonds. The number of hydrogen-bond donors (Lipinski definition) is 2. The molecule has 0 atom stereocenters. The van der Waals surface area contributed by atoms with E-state index in [4.69, 9.17) is 0 Å². The third-order valence-corrected chi connectivity index (χ3v) is 3.83. The Balaban J connectivity index is 1.56. The van der Waals surface area contributed by atoms with Crippen molar-refractivity contribution in [1.29, 1.82) is 0 Å². The molecule has 1 aromatic carbocycles. The van der Waals surface area contributed by atoms with Crippen molar-refractivity contribution >= 4 is 22.5 Å². The summed E-state index contributed by atoms with van der Waals surface area (Å²) in [7, 11) is 0. The maximum atomic E-state index is 12.3. The van der Waals surface area contributed by atoms with Crippen molar-refractivity contribution in [2.45, 2.75) is 6.54 Å². The number of benzene rings is 1. The van der Waals surface area contributed by atoms with Crippen LogP contribution in [-0.2, 0) is 6.54 Å². The zero-order valence-electron chi connectivity index (χ0n) is 12.7. The highest BCUT2D eigenvalue weighted by Gasteiger charge is 2.10. The summed E-state index contributed by atoms with van der Waals surface area (Å²) >= 11 is 0. The van der Waals surface area contributed by atoms with Gasteiger partial charge in [-0.15, -0.1) is 0 Å². The van der Waals surface area contributed by atoms with E-state index >= 15 is 0 Å². The van der Waals surface area contributed by atoms with Gasteiger partial charge in [0.1, 0.15) is 11.3 Å². The first-order chi connectivity index (χ1) is 11.7. The van der Waals surface area contributed by atoms with Crippen LogP contribution in [0.2, 0.25) is 0 Å². The van der Waals surface area contributed by atoms with Crippen molar-refractivity contribution in [2.24, 2.45) is 0 Å². The number of pyridine rings is 1. The zero-order chi connectivity index (χ0) is 16.5. The Kier molecular flexibility index (Phi) is 3.35. The van der Waals surface area contributed by atoms with E-state index in [1.165, 1.54) is 10.5 Å². The van der Waals surface area contributed by atoms with Gasteiger partial charge in [0.05, 0.1) is 6.54 Å². The van der Waals surface area contributed by atoms with Crippen LogP contribution in [0.15, 0.2) is 65.6 Å². The van der Waals surface area contributed by atoms with E-state index in [9.17, 15) is 9.59 Å². The normalized spacial score (nSPS) is 11.0. The Bertz CT molecular complexity index is 1080. The number of carbonyl (C=O) groups excluding carboxylic acids is 1. The lowest BCUT2D eigenvalue weighted by Gasteiger charge is -2.05. The zero-order valence-corrected chi connectivity index (χ0v) is 12.7. The summed E-state index contributed by atoms with van der Waals surface area (Å²) in [5, 5.41) is 3.87. The molecule has 0 saturated heterocycles. The Hall–Kier alpha value is -3.41. The molecule has 0 aliphatic heterocycles. The minimum Gasteiger partial charge on any atom is -0.357 e. The number of aromatic amines is 1. The number of nitrogens with one attached hydrogen (secondary N) is 2. The maximum Gasteiger partial charge on any atom is 0.270 e. The Morgan fingerprint density at radius 1 is 1.12 bits per heavy atom. The number of H-pyrrole nitrogens is 1. The Labute approximate surface area is 136 Å². The summed E-state index contributed by atoms with van der Waals surface area (Å²) < 4.78 is 1.40. The van der Waals surface area contributed by atoms with Gasteiger partial charge < -0.3 is 10.3 Å². The van der Waals surface area contributed by atoms with Gasteiger partial charge in [0.15, 0.2) is 0 Å². The highest BCUT2D eigenvalue weighted by Crippen LogP contribution is 2.14. The molecule has 0 saturated carbocycles. The third-order valence-electron chi connectivity index (χ3n) is 3.83. The topological polar surface area (TPSA) is 79.3 Å². The molecular weight excluding hydrogens is 304 g/mol. The number of nitrogens with zero attached hydrogens (tertiary/aromatic N) is 2. The van der Waals surface area contributed by atoms with Crippen LogP contribution in [-0.4, -0.2) is 20.3 Å². The summed E-state index contributed by atoms with van der Waals surface area (Å²) in [5.74, 6) is -0.378. The molecule has 3 aromatic heterocycles. The molecule has 2 N–H and O–H groups in total. The maximum absolute atomic E-state index is 12.3. The molecule has 3 heterocycles. The van der Waals surface area contributed by atoms with Crippen LogP contribution in [0.4, 0.5) is 0 Å². The predicted molar refractivity (Wildman–Crippen MR) is 90.9 cm³/mol. The van der Waals surface area contributed by atoms with Gasteiger partial charge >= 0.3 is 0 Å². The molecule has 4 rings (SSSR count). The van der Waals surface area contributed by atoms with Gasteiger partial charge in [0, 0.05) is 23.5 Å². The molecule has 0 spiro atoms. The molecule has 0 bridgehead atoms. The van der Waals surface area contributed by atoms with Crippen LogP contribution in [0.25, 0.3) is 16.6 Å². The molecule has 24 heavy (non-hydrogen) atoms. The molecule has 0 aliphatic rings. The lowest BCUT2D eigenvalue weighted by molar-refractivity contribution is 0.0945. The van der Waals surface area contributed by atoms with E-state index in [0.717, 1.165) is 16.6 Å². The largest absolute Gasteiger partial charge is 0.357 e. The van der Waals surface area contributed by atoms with Crippen molar-refractivity contribution in [3.05, 3.63) is 82.5 Å². The van der Waals surface area contributed by atoms with Gasteiger partial charge in [-0.2, -0.15) is 0 Å². The number of aromatic nitrogens is 3. The van der Waals surface area contributed by atoms with E-state index in [1.54, 1.807) is 24.4 Å². The summed E-state index contributed by atoms with van der Waals surface area (Å²) in [6.45, 7) is 0.337. The molecule has 4 aromatic rings. The molecule has 0 unspecified atom stereocenters. The van der Waals surface area contributed by atoms with Crippen LogP contribution >= 0.6 is 0 Å². The fourth-order valence-corrected chi connectivity index (χ4v) is 2.66.